The van der Waals surface area contributed by atoms with E-state index in [2.05, 4.69) is 10.6 Å². The molecule has 0 aliphatic heterocycles. The zero-order valence-corrected chi connectivity index (χ0v) is 20.7. The summed E-state index contributed by atoms with van der Waals surface area (Å²) in [6, 6.07) is 11.5. The highest BCUT2D eigenvalue weighted by molar-refractivity contribution is 6.05. The van der Waals surface area contributed by atoms with Crippen molar-refractivity contribution in [2.45, 2.75) is 6.54 Å². The molecular weight excluding hydrogens is 468 g/mol. The van der Waals surface area contributed by atoms with E-state index in [0.717, 1.165) is 0 Å². The van der Waals surface area contributed by atoms with Crippen LogP contribution >= 0.6 is 0 Å². The molecule has 1 heterocycles. The van der Waals surface area contributed by atoms with Crippen molar-refractivity contribution in [1.29, 1.82) is 0 Å². The Morgan fingerprint density at radius 3 is 2.14 bits per heavy atom. The highest BCUT2D eigenvalue weighted by atomic mass is 16.5. The number of hydrogen-bond donors (Lipinski definition) is 2. The lowest BCUT2D eigenvalue weighted by Crippen LogP contribution is -2.34. The van der Waals surface area contributed by atoms with Crippen LogP contribution in [0, 0.1) is 0 Å². The van der Waals surface area contributed by atoms with Gasteiger partial charge in [-0.1, -0.05) is 0 Å². The lowest BCUT2D eigenvalue weighted by molar-refractivity contribution is -0.117. The first kappa shape index (κ1) is 26.0. The summed E-state index contributed by atoms with van der Waals surface area (Å²) >= 11 is 0. The molecule has 10 heteroatoms. The molecule has 0 aliphatic carbocycles. The fourth-order valence-corrected chi connectivity index (χ4v) is 3.42. The molecular formula is C26H28N2O8. The van der Waals surface area contributed by atoms with E-state index in [1.807, 2.05) is 0 Å². The third-order valence-corrected chi connectivity index (χ3v) is 5.19. The van der Waals surface area contributed by atoms with E-state index < -0.39 is 11.8 Å². The second kappa shape index (κ2) is 12.2. The molecule has 0 saturated carbocycles. The van der Waals surface area contributed by atoms with Gasteiger partial charge in [0.25, 0.3) is 11.8 Å². The molecule has 36 heavy (non-hydrogen) atoms. The lowest BCUT2D eigenvalue weighted by atomic mass is 10.1. The maximum Gasteiger partial charge on any atom is 0.268 e. The Bertz CT molecular complexity index is 1230. The molecule has 0 radical (unpaired) electrons. The van der Waals surface area contributed by atoms with Crippen LogP contribution in [0.5, 0.6) is 28.7 Å². The fourth-order valence-electron chi connectivity index (χ4n) is 3.42. The van der Waals surface area contributed by atoms with E-state index in [9.17, 15) is 9.59 Å². The largest absolute Gasteiger partial charge is 0.493 e. The highest BCUT2D eigenvalue weighted by Crippen LogP contribution is 2.39. The van der Waals surface area contributed by atoms with Gasteiger partial charge in [0, 0.05) is 23.7 Å². The molecule has 3 rings (SSSR count). The molecule has 0 fully saturated rings. The normalized spacial score (nSPS) is 10.9. The lowest BCUT2D eigenvalue weighted by Gasteiger charge is -2.17. The highest BCUT2D eigenvalue weighted by Gasteiger charge is 2.19. The first-order chi connectivity index (χ1) is 17.4. The van der Waals surface area contributed by atoms with Gasteiger partial charge < -0.3 is 38.7 Å². The van der Waals surface area contributed by atoms with Gasteiger partial charge in [-0.2, -0.15) is 0 Å². The summed E-state index contributed by atoms with van der Waals surface area (Å²) in [5, 5.41) is 5.43. The minimum Gasteiger partial charge on any atom is -0.493 e. The number of nitrogens with one attached hydrogen (secondary N) is 2. The second-order valence-electron chi connectivity index (χ2n) is 7.27. The summed E-state index contributed by atoms with van der Waals surface area (Å²) < 4.78 is 32.0. The van der Waals surface area contributed by atoms with Gasteiger partial charge in [0.2, 0.25) is 5.75 Å². The summed E-state index contributed by atoms with van der Waals surface area (Å²) in [7, 11) is 7.48. The van der Waals surface area contributed by atoms with Crippen molar-refractivity contribution < 1.29 is 37.7 Å². The number of carbonyl (C=O) groups excluding carboxylic acids is 2. The molecule has 0 aliphatic rings. The van der Waals surface area contributed by atoms with Gasteiger partial charge in [0.15, 0.2) is 23.0 Å². The Morgan fingerprint density at radius 2 is 1.53 bits per heavy atom. The molecule has 190 valence electrons. The number of furan rings is 1. The zero-order valence-electron chi connectivity index (χ0n) is 20.7. The van der Waals surface area contributed by atoms with Crippen LogP contribution in [-0.2, 0) is 11.3 Å². The maximum atomic E-state index is 13.1. The van der Waals surface area contributed by atoms with Crippen molar-refractivity contribution in [3.05, 3.63) is 71.3 Å². The summed E-state index contributed by atoms with van der Waals surface area (Å²) in [6.45, 7) is 0.0874. The molecule has 1 aromatic heterocycles. The van der Waals surface area contributed by atoms with E-state index in [1.165, 1.54) is 54.0 Å². The Labute approximate surface area is 208 Å². The summed E-state index contributed by atoms with van der Waals surface area (Å²) in [6.07, 6.45) is 2.89. The van der Waals surface area contributed by atoms with Crippen molar-refractivity contribution >= 4 is 17.9 Å². The zero-order chi connectivity index (χ0) is 26.1. The topological polar surface area (TPSA) is 117 Å². The van der Waals surface area contributed by atoms with Crippen molar-refractivity contribution in [2.24, 2.45) is 0 Å². The monoisotopic (exact) mass is 496 g/mol. The molecule has 0 bridgehead atoms. The number of carbonyl (C=O) groups is 2. The first-order valence-electron chi connectivity index (χ1n) is 10.8. The van der Waals surface area contributed by atoms with Gasteiger partial charge in [-0.15, -0.1) is 0 Å². The number of rotatable bonds is 11. The van der Waals surface area contributed by atoms with Crippen LogP contribution in [0.3, 0.4) is 0 Å². The quantitative estimate of drug-likeness (QED) is 0.388. The number of ether oxygens (including phenoxy) is 5. The van der Waals surface area contributed by atoms with Crippen LogP contribution in [0.25, 0.3) is 6.08 Å². The average molecular weight is 497 g/mol. The Balaban J connectivity index is 1.84. The number of benzene rings is 2. The molecule has 0 spiro atoms. The van der Waals surface area contributed by atoms with Crippen molar-refractivity contribution in [2.75, 3.05) is 35.5 Å². The van der Waals surface area contributed by atoms with Crippen LogP contribution in [0.2, 0.25) is 0 Å². The van der Waals surface area contributed by atoms with Crippen LogP contribution in [0.1, 0.15) is 21.7 Å². The number of methoxy groups -OCH3 is 5. The summed E-state index contributed by atoms with van der Waals surface area (Å²) in [4.78, 5) is 26.1. The number of amides is 2. The van der Waals surface area contributed by atoms with Crippen molar-refractivity contribution in [3.63, 3.8) is 0 Å². The smallest absolute Gasteiger partial charge is 0.268 e. The molecule has 0 saturated heterocycles. The van der Waals surface area contributed by atoms with Gasteiger partial charge in [-0.05, 0) is 42.5 Å². The fraction of sp³-hybridized carbons (Fsp3) is 0.231. The molecule has 0 atom stereocenters. The Morgan fingerprint density at radius 1 is 0.833 bits per heavy atom. The number of hydrogen-bond acceptors (Lipinski definition) is 8. The van der Waals surface area contributed by atoms with Crippen molar-refractivity contribution in [1.82, 2.24) is 10.6 Å². The van der Waals surface area contributed by atoms with E-state index in [0.29, 0.717) is 40.1 Å². The first-order valence-corrected chi connectivity index (χ1v) is 10.8. The Kier molecular flexibility index (Phi) is 8.82. The van der Waals surface area contributed by atoms with Crippen molar-refractivity contribution in [3.8, 4) is 28.7 Å². The van der Waals surface area contributed by atoms with Crippen LogP contribution in [0.15, 0.2) is 58.8 Å². The van der Waals surface area contributed by atoms with E-state index in [4.69, 9.17) is 28.1 Å². The van der Waals surface area contributed by atoms with Gasteiger partial charge >= 0.3 is 0 Å². The van der Waals surface area contributed by atoms with E-state index in [-0.39, 0.29) is 17.8 Å². The molecule has 2 N–H and O–H groups in total. The molecule has 2 aromatic carbocycles. The molecule has 3 aromatic rings. The van der Waals surface area contributed by atoms with Crippen LogP contribution < -0.4 is 34.3 Å². The molecule has 0 unspecified atom stereocenters. The van der Waals surface area contributed by atoms with Gasteiger partial charge in [0.1, 0.15) is 11.5 Å². The predicted octanol–water partition coefficient (Wildman–Crippen LogP) is 3.41. The van der Waals surface area contributed by atoms with Crippen LogP contribution in [-0.4, -0.2) is 47.4 Å². The third-order valence-electron chi connectivity index (χ3n) is 5.19. The SMILES string of the molecule is COc1ccc(C(=O)N/C(=C\c2ccco2)C(=O)NCc2ccc(OC)c(OC)c2OC)cc1OC. The third kappa shape index (κ3) is 5.90. The summed E-state index contributed by atoms with van der Waals surface area (Å²) in [5.74, 6) is 1.49. The van der Waals surface area contributed by atoms with E-state index in [1.54, 1.807) is 36.4 Å². The standard InChI is InChI=1S/C26H28N2O8/c1-31-20-10-8-16(13-22(20)33-3)25(29)28-19(14-18-7-6-12-36-18)26(30)27-15-17-9-11-21(32-2)24(35-5)23(17)34-4/h6-14H,15H2,1-5H3,(H,27,30)(H,28,29)/b19-14-. The van der Waals surface area contributed by atoms with Crippen LogP contribution in [0.4, 0.5) is 0 Å². The second-order valence-corrected chi connectivity index (χ2v) is 7.27. The maximum absolute atomic E-state index is 13.1. The average Bonchev–Trinajstić information content (AvgIpc) is 3.43. The van der Waals surface area contributed by atoms with Gasteiger partial charge in [-0.25, -0.2) is 0 Å². The van der Waals surface area contributed by atoms with Gasteiger partial charge in [-0.3, -0.25) is 9.59 Å². The van der Waals surface area contributed by atoms with E-state index >= 15 is 0 Å². The summed E-state index contributed by atoms with van der Waals surface area (Å²) in [5.41, 5.74) is 0.892. The minimum atomic E-state index is -0.544. The predicted molar refractivity (Wildman–Crippen MR) is 132 cm³/mol. The van der Waals surface area contributed by atoms with Gasteiger partial charge in [0.05, 0.1) is 41.8 Å². The molecule has 10 nitrogen and oxygen atoms in total. The Hall–Kier alpha value is -4.60. The minimum absolute atomic E-state index is 0.0239. The molecule has 2 amide bonds.